The van der Waals surface area contributed by atoms with Crippen LogP contribution >= 0.6 is 0 Å². The van der Waals surface area contributed by atoms with E-state index in [2.05, 4.69) is 36.9 Å². The molecule has 2 aromatic rings. The van der Waals surface area contributed by atoms with Crippen molar-refractivity contribution in [3.63, 3.8) is 0 Å². The molecule has 0 spiro atoms. The predicted molar refractivity (Wildman–Crippen MR) is 183 cm³/mol. The lowest BCUT2D eigenvalue weighted by molar-refractivity contribution is -0.144. The second-order valence-electron chi connectivity index (χ2n) is 13.5. The third-order valence-electron chi connectivity index (χ3n) is 8.97. The fourth-order valence-electron chi connectivity index (χ4n) is 6.23. The summed E-state index contributed by atoms with van der Waals surface area (Å²) in [5.41, 5.74) is 1.46. The molecular weight excluding hydrogens is 664 g/mol. The number of carbonyl (C=O) groups excluding carboxylic acids is 7. The van der Waals surface area contributed by atoms with Crippen LogP contribution in [0, 0.1) is 5.92 Å². The van der Waals surface area contributed by atoms with E-state index in [9.17, 15) is 43.8 Å². The maximum atomic E-state index is 13.9. The van der Waals surface area contributed by atoms with Gasteiger partial charge in [-0.25, -0.2) is 0 Å². The summed E-state index contributed by atoms with van der Waals surface area (Å²) in [4.78, 5) is 98.0. The maximum absolute atomic E-state index is 13.9. The second kappa shape index (κ2) is 17.3. The summed E-state index contributed by atoms with van der Waals surface area (Å²) in [6.45, 7) is 5.03. The molecule has 2 aliphatic heterocycles. The van der Waals surface area contributed by atoms with Crippen molar-refractivity contribution in [1.82, 2.24) is 41.8 Å². The number of benzene rings is 1. The number of aliphatic hydroxyl groups is 2. The summed E-state index contributed by atoms with van der Waals surface area (Å²) in [5.74, 6) is -5.45. The van der Waals surface area contributed by atoms with Gasteiger partial charge in [-0.2, -0.15) is 0 Å². The lowest BCUT2D eigenvalue weighted by Gasteiger charge is -2.31. The van der Waals surface area contributed by atoms with Crippen molar-refractivity contribution in [3.05, 3.63) is 36.0 Å². The number of aromatic amines is 1. The predicted octanol–water partition coefficient (Wildman–Crippen LogP) is -2.31. The van der Waals surface area contributed by atoms with Gasteiger partial charge in [0.2, 0.25) is 41.4 Å². The van der Waals surface area contributed by atoms with E-state index in [0.29, 0.717) is 12.0 Å². The van der Waals surface area contributed by atoms with Crippen molar-refractivity contribution in [2.24, 2.45) is 5.92 Å². The topological polar surface area (TPSA) is 251 Å². The van der Waals surface area contributed by atoms with Crippen LogP contribution in [-0.2, 0) is 40.0 Å². The van der Waals surface area contributed by atoms with Gasteiger partial charge in [0.25, 0.3) is 0 Å². The highest BCUT2D eigenvalue weighted by atomic mass is 16.3. The molecule has 0 aliphatic carbocycles. The molecule has 1 aromatic carbocycles. The Morgan fingerprint density at radius 1 is 0.824 bits per heavy atom. The zero-order valence-electron chi connectivity index (χ0n) is 29.2. The molecule has 2 saturated heterocycles. The van der Waals surface area contributed by atoms with E-state index < -0.39 is 96.9 Å². The van der Waals surface area contributed by atoms with Crippen molar-refractivity contribution in [2.45, 2.75) is 95.7 Å². The lowest BCUT2D eigenvalue weighted by atomic mass is 10.00. The summed E-state index contributed by atoms with van der Waals surface area (Å²) >= 11 is 0. The first kappa shape index (κ1) is 38.8. The summed E-state index contributed by atoms with van der Waals surface area (Å²) in [6, 6.07) is -0.306. The first-order chi connectivity index (χ1) is 24.2. The van der Waals surface area contributed by atoms with Crippen molar-refractivity contribution >= 4 is 52.3 Å². The van der Waals surface area contributed by atoms with Gasteiger partial charge in [-0.1, -0.05) is 32.0 Å². The van der Waals surface area contributed by atoms with Crippen molar-refractivity contribution < 1.29 is 43.8 Å². The number of fused-ring (bicyclic) bond motifs is 2. The number of nitrogens with zero attached hydrogens (tertiary/aromatic N) is 1. The number of aromatic nitrogens is 1. The average molecular weight is 713 g/mol. The van der Waals surface area contributed by atoms with Crippen LogP contribution in [0.5, 0.6) is 0 Å². The number of H-pyrrole nitrogens is 1. The van der Waals surface area contributed by atoms with Crippen molar-refractivity contribution in [2.75, 3.05) is 19.7 Å². The van der Waals surface area contributed by atoms with Gasteiger partial charge in [0.05, 0.1) is 19.3 Å². The van der Waals surface area contributed by atoms with Crippen LogP contribution < -0.4 is 31.9 Å². The minimum atomic E-state index is -1.53. The Bertz CT molecular complexity index is 1630. The van der Waals surface area contributed by atoms with E-state index in [4.69, 9.17) is 0 Å². The Kier molecular flexibility index (Phi) is 13.1. The largest absolute Gasteiger partial charge is 0.394 e. The highest BCUT2D eigenvalue weighted by Gasteiger charge is 2.41. The molecule has 0 bridgehead atoms. The molecule has 3 heterocycles. The molecule has 4 rings (SSSR count). The average Bonchev–Trinajstić information content (AvgIpc) is 3.74. The number of amides is 7. The van der Waals surface area contributed by atoms with E-state index in [1.54, 1.807) is 6.20 Å². The molecule has 17 heteroatoms. The Labute approximate surface area is 295 Å². The molecule has 2 aliphatic rings. The van der Waals surface area contributed by atoms with E-state index in [0.717, 1.165) is 10.9 Å². The number of hydrogen-bond donors (Lipinski definition) is 9. The molecule has 1 unspecified atom stereocenters. The van der Waals surface area contributed by atoms with Gasteiger partial charge in [-0.3, -0.25) is 33.6 Å². The summed E-state index contributed by atoms with van der Waals surface area (Å²) in [7, 11) is 0. The standard InChI is InChI=1S/C34H48N8O9/c1-17(2)12-23-30(47)37-18(3)29(46)36-15-27(45)41-28(19(4)44)34(51)42-11-7-10-26(42)33(50)40-25(16-43)32(49)39-24(31(48)38-23)13-20-14-35-22-9-6-5-8-21(20)22/h5-6,8-9,14,17-19,23-26,28,35,43-44H,7,10-13,15-16H2,1-4H3,(H,36,46)(H,37,47)(H,38,48)(H,39,49)(H,40,50)(H,41,45)/t18-,19?,23-,24-,25-,26-,28-/m0/s1. The van der Waals surface area contributed by atoms with Gasteiger partial charge in [0.1, 0.15) is 36.3 Å². The van der Waals surface area contributed by atoms with Crippen molar-refractivity contribution in [1.29, 1.82) is 0 Å². The molecule has 51 heavy (non-hydrogen) atoms. The fourth-order valence-corrected chi connectivity index (χ4v) is 6.23. The fraction of sp³-hybridized carbons (Fsp3) is 0.559. The number of carbonyl (C=O) groups is 7. The van der Waals surface area contributed by atoms with Crippen LogP contribution in [0.25, 0.3) is 10.9 Å². The minimum Gasteiger partial charge on any atom is -0.394 e. The van der Waals surface area contributed by atoms with Crippen LogP contribution in [0.4, 0.5) is 0 Å². The van der Waals surface area contributed by atoms with E-state index in [1.165, 1.54) is 18.7 Å². The molecule has 1 aromatic heterocycles. The molecule has 0 radical (unpaired) electrons. The number of hydrogen-bond acceptors (Lipinski definition) is 9. The Hall–Kier alpha value is -5.03. The summed E-state index contributed by atoms with van der Waals surface area (Å²) < 4.78 is 0. The monoisotopic (exact) mass is 712 g/mol. The maximum Gasteiger partial charge on any atom is 0.248 e. The number of rotatable bonds is 6. The highest BCUT2D eigenvalue weighted by molar-refractivity contribution is 5.98. The molecule has 9 N–H and O–H groups in total. The smallest absolute Gasteiger partial charge is 0.248 e. The zero-order valence-corrected chi connectivity index (χ0v) is 29.2. The zero-order chi connectivity index (χ0) is 37.4. The molecule has 17 nitrogen and oxygen atoms in total. The number of aliphatic hydroxyl groups excluding tert-OH is 2. The molecular formula is C34H48N8O9. The quantitative estimate of drug-likeness (QED) is 0.156. The van der Waals surface area contributed by atoms with Gasteiger partial charge in [-0.05, 0) is 50.7 Å². The molecule has 7 amide bonds. The first-order valence-electron chi connectivity index (χ1n) is 17.1. The van der Waals surface area contributed by atoms with Gasteiger partial charge in [0, 0.05) is 30.1 Å². The lowest BCUT2D eigenvalue weighted by Crippen LogP contribution is -2.60. The van der Waals surface area contributed by atoms with Gasteiger partial charge < -0.3 is 52.0 Å². The summed E-state index contributed by atoms with van der Waals surface area (Å²) in [5, 5.41) is 36.5. The van der Waals surface area contributed by atoms with E-state index in [-0.39, 0.29) is 31.7 Å². The van der Waals surface area contributed by atoms with Crippen LogP contribution in [0.1, 0.15) is 52.5 Å². The SMILES string of the molecule is CC(C)C[C@@H]1NC(=O)[C@H](Cc2c[nH]c3ccccc23)NC(=O)[C@H](CO)NC(=O)[C@@H]2CCCN2C(=O)[C@H](C(C)O)NC(=O)CNC(=O)[C@H](C)NC1=O. The van der Waals surface area contributed by atoms with E-state index >= 15 is 0 Å². The van der Waals surface area contributed by atoms with E-state index in [1.807, 2.05) is 38.1 Å². The number of nitrogens with one attached hydrogen (secondary N) is 7. The third kappa shape index (κ3) is 9.82. The summed E-state index contributed by atoms with van der Waals surface area (Å²) in [6.07, 6.45) is 1.06. The normalized spacial score (nSPS) is 27.0. The van der Waals surface area contributed by atoms with Crippen LogP contribution in [0.15, 0.2) is 30.5 Å². The Morgan fingerprint density at radius 2 is 1.47 bits per heavy atom. The van der Waals surface area contributed by atoms with Crippen LogP contribution in [-0.4, -0.2) is 123 Å². The second-order valence-corrected chi connectivity index (χ2v) is 13.5. The minimum absolute atomic E-state index is 0.0326. The third-order valence-corrected chi connectivity index (χ3v) is 8.97. The molecule has 7 atom stereocenters. The Morgan fingerprint density at radius 3 is 2.16 bits per heavy atom. The van der Waals surface area contributed by atoms with Crippen LogP contribution in [0.3, 0.4) is 0 Å². The molecule has 0 saturated carbocycles. The molecule has 2 fully saturated rings. The van der Waals surface area contributed by atoms with Crippen molar-refractivity contribution in [3.8, 4) is 0 Å². The first-order valence-corrected chi connectivity index (χ1v) is 17.1. The van der Waals surface area contributed by atoms with Gasteiger partial charge in [-0.15, -0.1) is 0 Å². The number of para-hydroxylation sites is 1. The Balaban J connectivity index is 1.69. The highest BCUT2D eigenvalue weighted by Crippen LogP contribution is 2.21. The van der Waals surface area contributed by atoms with Crippen LogP contribution in [0.2, 0.25) is 0 Å². The van der Waals surface area contributed by atoms with Gasteiger partial charge >= 0.3 is 0 Å². The van der Waals surface area contributed by atoms with Gasteiger partial charge in [0.15, 0.2) is 0 Å². The molecule has 278 valence electrons.